The fourth-order valence-electron chi connectivity index (χ4n) is 2.92. The lowest BCUT2D eigenvalue weighted by molar-refractivity contribution is 0.865. The molecule has 2 aromatic carbocycles. The molecule has 0 amide bonds. The highest BCUT2D eigenvalue weighted by atomic mass is 14.2. The van der Waals surface area contributed by atoms with Crippen molar-refractivity contribution in [2.75, 3.05) is 0 Å². The molecule has 0 heteroatoms. The minimum atomic E-state index is 0.600. The third-order valence-corrected chi connectivity index (χ3v) is 4.27. The summed E-state index contributed by atoms with van der Waals surface area (Å²) >= 11 is 0. The summed E-state index contributed by atoms with van der Waals surface area (Å²) in [6, 6.07) is 14.0. The monoisotopic (exact) mass is 250 g/mol. The van der Waals surface area contributed by atoms with Gasteiger partial charge in [0, 0.05) is 0 Å². The first-order chi connectivity index (χ1) is 9.06. The molecular formula is C19H22. The first-order valence-electron chi connectivity index (χ1n) is 7.32. The maximum atomic E-state index is 2.40. The fourth-order valence-corrected chi connectivity index (χ4v) is 2.92. The molecule has 0 atom stereocenters. The summed E-state index contributed by atoms with van der Waals surface area (Å²) in [7, 11) is 0. The predicted octanol–water partition coefficient (Wildman–Crippen LogP) is 5.50. The van der Waals surface area contributed by atoms with Crippen LogP contribution >= 0.6 is 0 Å². The first-order valence-corrected chi connectivity index (χ1v) is 7.32. The van der Waals surface area contributed by atoms with Crippen LogP contribution in [0.25, 0.3) is 11.1 Å². The fraction of sp³-hybridized carbons (Fsp3) is 0.368. The van der Waals surface area contributed by atoms with Crippen molar-refractivity contribution >= 4 is 0 Å². The van der Waals surface area contributed by atoms with Crippen LogP contribution in [0.2, 0.25) is 0 Å². The van der Waals surface area contributed by atoms with Gasteiger partial charge in [0.25, 0.3) is 0 Å². The smallest absolute Gasteiger partial charge is 0.00134 e. The molecule has 0 N–H and O–H groups in total. The Morgan fingerprint density at radius 3 is 1.47 bits per heavy atom. The molecule has 0 spiro atoms. The van der Waals surface area contributed by atoms with Crippen molar-refractivity contribution in [2.24, 2.45) is 0 Å². The number of benzene rings is 2. The predicted molar refractivity (Wildman–Crippen MR) is 82.9 cm³/mol. The Morgan fingerprint density at radius 2 is 1.11 bits per heavy atom. The topological polar surface area (TPSA) is 0 Å². The van der Waals surface area contributed by atoms with E-state index in [2.05, 4.69) is 64.1 Å². The van der Waals surface area contributed by atoms with E-state index in [0.717, 1.165) is 6.42 Å². The van der Waals surface area contributed by atoms with Gasteiger partial charge in [-0.3, -0.25) is 0 Å². The van der Waals surface area contributed by atoms with E-state index in [1.165, 1.54) is 33.4 Å². The van der Waals surface area contributed by atoms with Gasteiger partial charge < -0.3 is 0 Å². The Labute approximate surface area is 116 Å². The second-order valence-electron chi connectivity index (χ2n) is 6.32. The summed E-state index contributed by atoms with van der Waals surface area (Å²) in [6.07, 6.45) is 1.10. The average Bonchev–Trinajstić information content (AvgIpc) is 2.75. The van der Waals surface area contributed by atoms with Crippen LogP contribution in [0.4, 0.5) is 0 Å². The number of hydrogen-bond acceptors (Lipinski definition) is 0. The standard InChI is InChI=1S/C19H22/c1-12(2)14-5-7-16-9-17-8-6-15(13(3)4)11-19(17)18(16)10-14/h5-8,10-13H,9H2,1-4H3. The third kappa shape index (κ3) is 2.10. The van der Waals surface area contributed by atoms with Crippen LogP contribution in [-0.4, -0.2) is 0 Å². The maximum absolute atomic E-state index is 2.40. The van der Waals surface area contributed by atoms with E-state index in [-0.39, 0.29) is 0 Å². The van der Waals surface area contributed by atoms with E-state index in [9.17, 15) is 0 Å². The summed E-state index contributed by atoms with van der Waals surface area (Å²) in [5, 5.41) is 0. The molecule has 1 aliphatic rings. The van der Waals surface area contributed by atoms with Gasteiger partial charge in [-0.15, -0.1) is 0 Å². The van der Waals surface area contributed by atoms with Crippen molar-refractivity contribution < 1.29 is 0 Å². The molecule has 3 rings (SSSR count). The summed E-state index contributed by atoms with van der Waals surface area (Å²) in [4.78, 5) is 0. The zero-order valence-corrected chi connectivity index (χ0v) is 12.3. The molecular weight excluding hydrogens is 228 g/mol. The lowest BCUT2D eigenvalue weighted by Crippen LogP contribution is -1.90. The summed E-state index contributed by atoms with van der Waals surface area (Å²) < 4.78 is 0. The van der Waals surface area contributed by atoms with Crippen LogP contribution in [0.15, 0.2) is 36.4 Å². The molecule has 98 valence electrons. The highest BCUT2D eigenvalue weighted by Crippen LogP contribution is 2.39. The summed E-state index contributed by atoms with van der Waals surface area (Å²) in [6.45, 7) is 9.06. The molecule has 0 unspecified atom stereocenters. The summed E-state index contributed by atoms with van der Waals surface area (Å²) in [5.41, 5.74) is 8.79. The zero-order chi connectivity index (χ0) is 13.6. The van der Waals surface area contributed by atoms with Crippen LogP contribution in [-0.2, 0) is 6.42 Å². The minimum absolute atomic E-state index is 0.600. The molecule has 0 radical (unpaired) electrons. The SMILES string of the molecule is CC(C)c1ccc2c(c1)-c1cc(C(C)C)ccc1C2. The van der Waals surface area contributed by atoms with Crippen molar-refractivity contribution in [3.8, 4) is 11.1 Å². The molecule has 2 aromatic rings. The number of rotatable bonds is 2. The van der Waals surface area contributed by atoms with E-state index in [4.69, 9.17) is 0 Å². The molecule has 0 saturated carbocycles. The van der Waals surface area contributed by atoms with E-state index >= 15 is 0 Å². The second kappa shape index (κ2) is 4.52. The van der Waals surface area contributed by atoms with Crippen molar-refractivity contribution in [1.29, 1.82) is 0 Å². The highest BCUT2D eigenvalue weighted by molar-refractivity contribution is 5.78. The molecule has 0 fully saturated rings. The average molecular weight is 250 g/mol. The van der Waals surface area contributed by atoms with Gasteiger partial charge in [-0.1, -0.05) is 64.1 Å². The van der Waals surface area contributed by atoms with E-state index < -0.39 is 0 Å². The van der Waals surface area contributed by atoms with Crippen molar-refractivity contribution in [3.63, 3.8) is 0 Å². The Kier molecular flexibility index (Phi) is 2.97. The van der Waals surface area contributed by atoms with Crippen LogP contribution < -0.4 is 0 Å². The largest absolute Gasteiger partial charge is 0.0587 e. The molecule has 0 nitrogen and oxygen atoms in total. The van der Waals surface area contributed by atoms with Crippen LogP contribution in [0.1, 0.15) is 61.8 Å². The molecule has 0 aliphatic heterocycles. The maximum Gasteiger partial charge on any atom is -0.00134 e. The number of hydrogen-bond donors (Lipinski definition) is 0. The van der Waals surface area contributed by atoms with Crippen LogP contribution in [0.5, 0.6) is 0 Å². The van der Waals surface area contributed by atoms with Gasteiger partial charge in [-0.2, -0.15) is 0 Å². The van der Waals surface area contributed by atoms with Gasteiger partial charge in [0.15, 0.2) is 0 Å². The van der Waals surface area contributed by atoms with Gasteiger partial charge in [-0.25, -0.2) is 0 Å². The zero-order valence-electron chi connectivity index (χ0n) is 12.3. The molecule has 0 aromatic heterocycles. The van der Waals surface area contributed by atoms with Crippen molar-refractivity contribution in [3.05, 3.63) is 58.7 Å². The normalized spacial score (nSPS) is 12.9. The van der Waals surface area contributed by atoms with Gasteiger partial charge in [-0.05, 0) is 51.6 Å². The first kappa shape index (κ1) is 12.5. The number of fused-ring (bicyclic) bond motifs is 3. The molecule has 0 bridgehead atoms. The Hall–Kier alpha value is -1.56. The quantitative estimate of drug-likeness (QED) is 0.563. The van der Waals surface area contributed by atoms with Crippen molar-refractivity contribution in [1.82, 2.24) is 0 Å². The molecule has 0 saturated heterocycles. The van der Waals surface area contributed by atoms with Gasteiger partial charge in [0.05, 0.1) is 0 Å². The Balaban J connectivity index is 2.14. The van der Waals surface area contributed by atoms with E-state index in [1.807, 2.05) is 0 Å². The molecule has 19 heavy (non-hydrogen) atoms. The minimum Gasteiger partial charge on any atom is -0.0587 e. The van der Waals surface area contributed by atoms with E-state index in [1.54, 1.807) is 0 Å². The van der Waals surface area contributed by atoms with Gasteiger partial charge in [0.1, 0.15) is 0 Å². The van der Waals surface area contributed by atoms with Crippen LogP contribution in [0, 0.1) is 0 Å². The lowest BCUT2D eigenvalue weighted by Gasteiger charge is -2.10. The van der Waals surface area contributed by atoms with Crippen molar-refractivity contribution in [2.45, 2.75) is 46.0 Å². The summed E-state index contributed by atoms with van der Waals surface area (Å²) in [5.74, 6) is 1.20. The molecule has 0 heterocycles. The Morgan fingerprint density at radius 1 is 0.684 bits per heavy atom. The van der Waals surface area contributed by atoms with Crippen LogP contribution in [0.3, 0.4) is 0 Å². The van der Waals surface area contributed by atoms with Gasteiger partial charge >= 0.3 is 0 Å². The molecule has 1 aliphatic carbocycles. The lowest BCUT2D eigenvalue weighted by atomic mass is 9.94. The highest BCUT2D eigenvalue weighted by Gasteiger charge is 2.19. The third-order valence-electron chi connectivity index (χ3n) is 4.27. The van der Waals surface area contributed by atoms with E-state index in [0.29, 0.717) is 11.8 Å². The Bertz CT molecular complexity index is 562. The second-order valence-corrected chi connectivity index (χ2v) is 6.32. The van der Waals surface area contributed by atoms with Gasteiger partial charge in [0.2, 0.25) is 0 Å².